The minimum Gasteiger partial charge on any atom is -0.392 e. The summed E-state index contributed by atoms with van der Waals surface area (Å²) in [4.78, 5) is 32.8. The van der Waals surface area contributed by atoms with E-state index in [2.05, 4.69) is 34.1 Å². The molecule has 1 aromatic heterocycles. The number of fused-ring (bicyclic) bond motifs is 1. The molecule has 0 unspecified atom stereocenters. The second-order valence-corrected chi connectivity index (χ2v) is 9.60. The maximum Gasteiger partial charge on any atom is 0.219 e. The van der Waals surface area contributed by atoms with E-state index >= 15 is 0 Å². The van der Waals surface area contributed by atoms with E-state index in [0.29, 0.717) is 30.9 Å². The molecule has 0 saturated carbocycles. The topological polar surface area (TPSA) is 73.7 Å². The van der Waals surface area contributed by atoms with Gasteiger partial charge in [-0.15, -0.1) is 0 Å². The molecule has 3 heterocycles. The van der Waals surface area contributed by atoms with Crippen LogP contribution in [0.1, 0.15) is 59.7 Å². The predicted octanol–water partition coefficient (Wildman–Crippen LogP) is 3.26. The second-order valence-electron chi connectivity index (χ2n) is 9.60. The van der Waals surface area contributed by atoms with Gasteiger partial charge in [-0.05, 0) is 60.8 Å². The third-order valence-electron chi connectivity index (χ3n) is 7.08. The summed E-state index contributed by atoms with van der Waals surface area (Å²) in [5.74, 6) is 0.707. The number of carbonyl (C=O) groups is 2. The van der Waals surface area contributed by atoms with Crippen molar-refractivity contribution in [1.29, 1.82) is 0 Å². The average Bonchev–Trinajstić information content (AvgIpc) is 2.83. The lowest BCUT2D eigenvalue weighted by Gasteiger charge is -2.31. The van der Waals surface area contributed by atoms with E-state index in [9.17, 15) is 14.7 Å². The number of Topliss-reactive ketones (excluding diaryl/α,β-unsaturated/α-hetero) is 1. The molecule has 2 aliphatic rings. The molecule has 176 valence electrons. The molecule has 33 heavy (non-hydrogen) atoms. The Morgan fingerprint density at radius 3 is 2.64 bits per heavy atom. The predicted molar refractivity (Wildman–Crippen MR) is 128 cm³/mol. The van der Waals surface area contributed by atoms with Gasteiger partial charge in [-0.1, -0.05) is 24.3 Å². The van der Waals surface area contributed by atoms with Crippen LogP contribution in [0.15, 0.2) is 42.7 Å². The number of benzene rings is 1. The van der Waals surface area contributed by atoms with Gasteiger partial charge in [0.15, 0.2) is 5.78 Å². The Morgan fingerprint density at radius 2 is 1.88 bits per heavy atom. The van der Waals surface area contributed by atoms with Crippen LogP contribution in [0, 0.1) is 5.92 Å². The van der Waals surface area contributed by atoms with Gasteiger partial charge >= 0.3 is 0 Å². The number of amides is 1. The maximum absolute atomic E-state index is 12.8. The fourth-order valence-corrected chi connectivity index (χ4v) is 5.08. The molecule has 6 nitrogen and oxygen atoms in total. The molecule has 6 heteroatoms. The molecule has 0 aliphatic carbocycles. The van der Waals surface area contributed by atoms with Crippen LogP contribution in [0.25, 0.3) is 0 Å². The SMILES string of the molecule is CC(=O)N1CCC(Cc2cncc(C(=O)CC[C@H](O)CN3CCc4ccccc4C3)c2)CC1. The summed E-state index contributed by atoms with van der Waals surface area (Å²) >= 11 is 0. The molecule has 1 atom stereocenters. The maximum atomic E-state index is 12.8. The third-order valence-corrected chi connectivity index (χ3v) is 7.08. The number of aliphatic hydroxyl groups excluding tert-OH is 1. The van der Waals surface area contributed by atoms with Crippen molar-refractivity contribution in [3.8, 4) is 0 Å². The highest BCUT2D eigenvalue weighted by Gasteiger charge is 2.22. The van der Waals surface area contributed by atoms with Gasteiger partial charge in [-0.3, -0.25) is 19.5 Å². The minimum absolute atomic E-state index is 0.0405. The Hall–Kier alpha value is -2.57. The zero-order chi connectivity index (χ0) is 23.2. The number of piperidine rings is 1. The standard InChI is InChI=1S/C27H35N3O3/c1-20(31)30-12-8-21(9-13-30)14-22-15-25(17-28-16-22)27(33)7-6-26(32)19-29-11-10-23-4-2-3-5-24(23)18-29/h2-5,15-17,21,26,32H,6-14,18-19H2,1H3/t26-/m0/s1. The highest BCUT2D eigenvalue weighted by atomic mass is 16.3. The first-order chi connectivity index (χ1) is 16.0. The minimum atomic E-state index is -0.512. The first-order valence-corrected chi connectivity index (χ1v) is 12.2. The lowest BCUT2D eigenvalue weighted by atomic mass is 9.90. The zero-order valence-corrected chi connectivity index (χ0v) is 19.6. The summed E-state index contributed by atoms with van der Waals surface area (Å²) < 4.78 is 0. The fourth-order valence-electron chi connectivity index (χ4n) is 5.08. The zero-order valence-electron chi connectivity index (χ0n) is 19.6. The number of rotatable bonds is 8. The molecular weight excluding hydrogens is 414 g/mol. The summed E-state index contributed by atoms with van der Waals surface area (Å²) in [6.07, 6.45) is 7.64. The van der Waals surface area contributed by atoms with Gasteiger partial charge in [0.1, 0.15) is 0 Å². The molecule has 0 bridgehead atoms. The Morgan fingerprint density at radius 1 is 1.12 bits per heavy atom. The molecule has 0 spiro atoms. The van der Waals surface area contributed by atoms with Gasteiger partial charge in [0.25, 0.3) is 0 Å². The van der Waals surface area contributed by atoms with E-state index in [1.54, 1.807) is 13.1 Å². The molecule has 1 aromatic carbocycles. The first-order valence-electron chi connectivity index (χ1n) is 12.2. The van der Waals surface area contributed by atoms with E-state index in [4.69, 9.17) is 0 Å². The van der Waals surface area contributed by atoms with Crippen LogP contribution in [0.2, 0.25) is 0 Å². The van der Waals surface area contributed by atoms with E-state index in [-0.39, 0.29) is 11.7 Å². The largest absolute Gasteiger partial charge is 0.392 e. The number of pyridine rings is 1. The average molecular weight is 450 g/mol. The second kappa shape index (κ2) is 11.0. The van der Waals surface area contributed by atoms with Crippen LogP contribution in [0.5, 0.6) is 0 Å². The molecule has 1 amide bonds. The number of β-amino-alcohol motifs (C(OH)–C–C–N with tert-alkyl or cyclic N) is 1. The van der Waals surface area contributed by atoms with Crippen molar-refractivity contribution >= 4 is 11.7 Å². The van der Waals surface area contributed by atoms with Crippen molar-refractivity contribution in [3.63, 3.8) is 0 Å². The molecule has 0 radical (unpaired) electrons. The molecule has 4 rings (SSSR count). The van der Waals surface area contributed by atoms with Crippen molar-refractivity contribution in [1.82, 2.24) is 14.8 Å². The summed E-state index contributed by atoms with van der Waals surface area (Å²) in [5, 5.41) is 10.5. The number of nitrogens with zero attached hydrogens (tertiary/aromatic N) is 3. The summed E-state index contributed by atoms with van der Waals surface area (Å²) in [7, 11) is 0. The summed E-state index contributed by atoms with van der Waals surface area (Å²) in [6, 6.07) is 10.4. The monoisotopic (exact) mass is 449 g/mol. The number of aromatic nitrogens is 1. The Labute approximate surface area is 196 Å². The number of likely N-dealkylation sites (tertiary alicyclic amines) is 1. The van der Waals surface area contributed by atoms with Crippen molar-refractivity contribution < 1.29 is 14.7 Å². The molecular formula is C27H35N3O3. The third kappa shape index (κ3) is 6.49. The molecule has 1 N–H and O–H groups in total. The Kier molecular flexibility index (Phi) is 7.89. The van der Waals surface area contributed by atoms with E-state index < -0.39 is 6.10 Å². The highest BCUT2D eigenvalue weighted by molar-refractivity contribution is 5.95. The quantitative estimate of drug-likeness (QED) is 0.626. The molecule has 2 aromatic rings. The number of hydrogen-bond donors (Lipinski definition) is 1. The number of aliphatic hydroxyl groups is 1. The lowest BCUT2D eigenvalue weighted by molar-refractivity contribution is -0.130. The van der Waals surface area contributed by atoms with Crippen molar-refractivity contribution in [2.45, 2.75) is 58.1 Å². The van der Waals surface area contributed by atoms with Crippen LogP contribution >= 0.6 is 0 Å². The van der Waals surface area contributed by atoms with Crippen LogP contribution < -0.4 is 0 Å². The Balaban J connectivity index is 1.23. The number of carbonyl (C=O) groups excluding carboxylic acids is 2. The van der Waals surface area contributed by atoms with E-state index in [0.717, 1.165) is 57.4 Å². The van der Waals surface area contributed by atoms with Crippen molar-refractivity contribution in [3.05, 3.63) is 65.0 Å². The van der Waals surface area contributed by atoms with Gasteiger partial charge in [0.05, 0.1) is 6.10 Å². The van der Waals surface area contributed by atoms with Crippen LogP contribution in [-0.2, 0) is 24.2 Å². The molecule has 1 saturated heterocycles. The molecule has 2 aliphatic heterocycles. The van der Waals surface area contributed by atoms with Crippen LogP contribution in [0.3, 0.4) is 0 Å². The fraction of sp³-hybridized carbons (Fsp3) is 0.519. The van der Waals surface area contributed by atoms with Gasteiger partial charge in [-0.25, -0.2) is 0 Å². The van der Waals surface area contributed by atoms with Crippen molar-refractivity contribution in [2.75, 3.05) is 26.2 Å². The van der Waals surface area contributed by atoms with Crippen molar-refractivity contribution in [2.24, 2.45) is 5.92 Å². The number of hydrogen-bond acceptors (Lipinski definition) is 5. The Bertz CT molecular complexity index is 969. The van der Waals surface area contributed by atoms with Gasteiger partial charge in [-0.2, -0.15) is 0 Å². The van der Waals surface area contributed by atoms with E-state index in [1.807, 2.05) is 17.2 Å². The lowest BCUT2D eigenvalue weighted by Crippen LogP contribution is -2.37. The van der Waals surface area contributed by atoms with Gasteiger partial charge in [0.2, 0.25) is 5.91 Å². The van der Waals surface area contributed by atoms with Gasteiger partial charge < -0.3 is 10.0 Å². The normalized spacial score (nSPS) is 18.1. The van der Waals surface area contributed by atoms with E-state index in [1.165, 1.54) is 11.1 Å². The van der Waals surface area contributed by atoms with Crippen LogP contribution in [-0.4, -0.2) is 63.9 Å². The highest BCUT2D eigenvalue weighted by Crippen LogP contribution is 2.23. The van der Waals surface area contributed by atoms with Gasteiger partial charge in [0, 0.05) is 64.0 Å². The summed E-state index contributed by atoms with van der Waals surface area (Å²) in [5.41, 5.74) is 4.44. The van der Waals surface area contributed by atoms with Crippen LogP contribution in [0.4, 0.5) is 0 Å². The first kappa shape index (κ1) is 23.6. The smallest absolute Gasteiger partial charge is 0.219 e. The number of ketones is 1. The summed E-state index contributed by atoms with van der Waals surface area (Å²) in [6.45, 7) is 5.65. The molecule has 1 fully saturated rings.